The van der Waals surface area contributed by atoms with Crippen LogP contribution in [0.4, 0.5) is 4.79 Å². The molecule has 1 fully saturated rings. The number of rotatable bonds is 2. The maximum atomic E-state index is 11.3. The number of carbonyl (C=O) groups excluding carboxylic acids is 2. The van der Waals surface area contributed by atoms with Crippen molar-refractivity contribution >= 4 is 27.9 Å². The smallest absolute Gasteiger partial charge is 0.417 e. The Balaban J connectivity index is 2.18. The van der Waals surface area contributed by atoms with Gasteiger partial charge >= 0.3 is 6.09 Å². The number of hydrogen-bond acceptors (Lipinski definition) is 3. The fraction of sp³-hybridized carbons (Fsp3) is 0.200. The molecule has 4 nitrogen and oxygen atoms in total. The molecule has 15 heavy (non-hydrogen) atoms. The third-order valence-electron chi connectivity index (χ3n) is 2.13. The lowest BCUT2D eigenvalue weighted by Gasteiger charge is -2.11. The molecular formula is C10H8BrNO3. The summed E-state index contributed by atoms with van der Waals surface area (Å²) >= 11 is 3.35. The van der Waals surface area contributed by atoms with Gasteiger partial charge in [-0.3, -0.25) is 4.79 Å². The van der Waals surface area contributed by atoms with Crippen molar-refractivity contribution in [3.05, 3.63) is 34.3 Å². The summed E-state index contributed by atoms with van der Waals surface area (Å²) in [5, 5.41) is 0. The van der Waals surface area contributed by atoms with Gasteiger partial charge in [0.15, 0.2) is 6.61 Å². The topological polar surface area (TPSA) is 46.6 Å². The molecule has 1 aliphatic heterocycles. The van der Waals surface area contributed by atoms with E-state index in [1.165, 1.54) is 0 Å². The predicted molar refractivity (Wildman–Crippen MR) is 56.0 cm³/mol. The number of halogens is 1. The summed E-state index contributed by atoms with van der Waals surface area (Å²) in [6.45, 7) is 0.0996. The van der Waals surface area contributed by atoms with Gasteiger partial charge in [-0.1, -0.05) is 34.1 Å². The molecule has 1 aromatic rings. The Bertz CT molecular complexity index is 403. The van der Waals surface area contributed by atoms with E-state index in [2.05, 4.69) is 20.7 Å². The van der Waals surface area contributed by atoms with Crippen molar-refractivity contribution < 1.29 is 14.3 Å². The van der Waals surface area contributed by atoms with Crippen LogP contribution in [0.5, 0.6) is 0 Å². The summed E-state index contributed by atoms with van der Waals surface area (Å²) in [5.41, 5.74) is 0.879. The molecule has 0 N–H and O–H groups in total. The Hall–Kier alpha value is -1.36. The molecule has 1 aliphatic rings. The first-order valence-corrected chi connectivity index (χ1v) is 5.18. The van der Waals surface area contributed by atoms with Gasteiger partial charge in [0, 0.05) is 4.47 Å². The van der Waals surface area contributed by atoms with E-state index in [1.807, 2.05) is 24.3 Å². The second kappa shape index (κ2) is 4.02. The Morgan fingerprint density at radius 1 is 1.33 bits per heavy atom. The summed E-state index contributed by atoms with van der Waals surface area (Å²) < 4.78 is 5.48. The SMILES string of the molecule is O=C1COC(=O)N1Cc1ccccc1Br. The highest BCUT2D eigenvalue weighted by molar-refractivity contribution is 9.10. The fourth-order valence-electron chi connectivity index (χ4n) is 1.33. The van der Waals surface area contributed by atoms with Crippen LogP contribution < -0.4 is 0 Å². The van der Waals surface area contributed by atoms with E-state index in [4.69, 9.17) is 0 Å². The average molecular weight is 270 g/mol. The van der Waals surface area contributed by atoms with Gasteiger partial charge in [-0.05, 0) is 11.6 Å². The highest BCUT2D eigenvalue weighted by atomic mass is 79.9. The number of amides is 2. The Labute approximate surface area is 94.9 Å². The highest BCUT2D eigenvalue weighted by Crippen LogP contribution is 2.19. The molecule has 0 atom stereocenters. The largest absolute Gasteiger partial charge is 0.439 e. The first-order valence-electron chi connectivity index (χ1n) is 4.39. The number of benzene rings is 1. The number of imide groups is 1. The van der Waals surface area contributed by atoms with Crippen molar-refractivity contribution in [2.24, 2.45) is 0 Å². The van der Waals surface area contributed by atoms with Gasteiger partial charge in [0.2, 0.25) is 0 Å². The zero-order valence-corrected chi connectivity index (χ0v) is 9.36. The van der Waals surface area contributed by atoms with E-state index in [0.29, 0.717) is 0 Å². The molecule has 0 unspecified atom stereocenters. The lowest BCUT2D eigenvalue weighted by molar-refractivity contribution is -0.126. The quantitative estimate of drug-likeness (QED) is 0.824. The first kappa shape index (κ1) is 10.2. The van der Waals surface area contributed by atoms with Crippen LogP contribution in [0.25, 0.3) is 0 Å². The number of carbonyl (C=O) groups is 2. The van der Waals surface area contributed by atoms with Gasteiger partial charge in [0.25, 0.3) is 5.91 Å². The van der Waals surface area contributed by atoms with Crippen molar-refractivity contribution in [2.75, 3.05) is 6.61 Å². The molecule has 0 aliphatic carbocycles. The predicted octanol–water partition coefficient (Wildman–Crippen LogP) is 1.93. The second-order valence-corrected chi connectivity index (χ2v) is 3.98. The molecule has 2 amide bonds. The summed E-state index contributed by atoms with van der Waals surface area (Å²) in [7, 11) is 0. The van der Waals surface area contributed by atoms with E-state index in [0.717, 1.165) is 14.9 Å². The Kier molecular flexibility index (Phi) is 2.73. The van der Waals surface area contributed by atoms with Gasteiger partial charge < -0.3 is 4.74 Å². The van der Waals surface area contributed by atoms with Gasteiger partial charge in [-0.25, -0.2) is 9.69 Å². The minimum absolute atomic E-state index is 0.150. The van der Waals surface area contributed by atoms with Gasteiger partial charge in [-0.2, -0.15) is 0 Å². The Morgan fingerprint density at radius 3 is 2.67 bits per heavy atom. The van der Waals surface area contributed by atoms with Crippen LogP contribution in [0, 0.1) is 0 Å². The standard InChI is InChI=1S/C10H8BrNO3/c11-8-4-2-1-3-7(8)5-12-9(13)6-15-10(12)14/h1-4H,5-6H2. The number of ether oxygens (including phenoxy) is 1. The lowest BCUT2D eigenvalue weighted by Crippen LogP contribution is -2.28. The van der Waals surface area contributed by atoms with Gasteiger partial charge in [-0.15, -0.1) is 0 Å². The normalized spacial score (nSPS) is 15.7. The number of cyclic esters (lactones) is 1. The van der Waals surface area contributed by atoms with E-state index < -0.39 is 6.09 Å². The molecule has 0 spiro atoms. The van der Waals surface area contributed by atoms with Crippen LogP contribution >= 0.6 is 15.9 Å². The van der Waals surface area contributed by atoms with Crippen LogP contribution in [-0.4, -0.2) is 23.5 Å². The molecule has 0 aromatic heterocycles. The molecule has 5 heteroatoms. The van der Waals surface area contributed by atoms with Crippen molar-refractivity contribution in [2.45, 2.75) is 6.54 Å². The van der Waals surface area contributed by atoms with Gasteiger partial charge in [0.05, 0.1) is 6.54 Å². The fourth-order valence-corrected chi connectivity index (χ4v) is 1.74. The molecule has 1 heterocycles. The van der Waals surface area contributed by atoms with Crippen LogP contribution in [0.1, 0.15) is 5.56 Å². The van der Waals surface area contributed by atoms with Crippen LogP contribution in [0.3, 0.4) is 0 Å². The summed E-state index contributed by atoms with van der Waals surface area (Å²) in [5.74, 6) is -0.296. The second-order valence-electron chi connectivity index (χ2n) is 3.13. The minimum Gasteiger partial charge on any atom is -0.439 e. The summed E-state index contributed by atoms with van der Waals surface area (Å²) in [4.78, 5) is 23.5. The summed E-state index contributed by atoms with van der Waals surface area (Å²) in [6.07, 6.45) is -0.573. The van der Waals surface area contributed by atoms with Crippen molar-refractivity contribution in [1.82, 2.24) is 4.90 Å². The molecule has 0 bridgehead atoms. The lowest BCUT2D eigenvalue weighted by atomic mass is 10.2. The number of hydrogen-bond donors (Lipinski definition) is 0. The maximum Gasteiger partial charge on any atom is 0.417 e. The third kappa shape index (κ3) is 2.02. The van der Waals surface area contributed by atoms with Gasteiger partial charge in [0.1, 0.15) is 0 Å². The zero-order valence-electron chi connectivity index (χ0n) is 7.77. The minimum atomic E-state index is -0.573. The number of nitrogens with zero attached hydrogens (tertiary/aromatic N) is 1. The maximum absolute atomic E-state index is 11.3. The van der Waals surface area contributed by atoms with Crippen LogP contribution in [0.2, 0.25) is 0 Å². The average Bonchev–Trinajstić information content (AvgIpc) is 2.53. The van der Waals surface area contributed by atoms with E-state index in [9.17, 15) is 9.59 Å². The highest BCUT2D eigenvalue weighted by Gasteiger charge is 2.31. The van der Waals surface area contributed by atoms with Crippen molar-refractivity contribution in [1.29, 1.82) is 0 Å². The van der Waals surface area contributed by atoms with Crippen LogP contribution in [-0.2, 0) is 16.1 Å². The molecule has 2 rings (SSSR count). The molecule has 0 saturated carbocycles. The van der Waals surface area contributed by atoms with E-state index in [1.54, 1.807) is 0 Å². The molecular weight excluding hydrogens is 262 g/mol. The van der Waals surface area contributed by atoms with Crippen LogP contribution in [0.15, 0.2) is 28.7 Å². The monoisotopic (exact) mass is 269 g/mol. The first-order chi connectivity index (χ1) is 7.18. The molecule has 1 saturated heterocycles. The molecule has 0 radical (unpaired) electrons. The van der Waals surface area contributed by atoms with E-state index >= 15 is 0 Å². The molecule has 78 valence electrons. The third-order valence-corrected chi connectivity index (χ3v) is 2.90. The Morgan fingerprint density at radius 2 is 2.07 bits per heavy atom. The van der Waals surface area contributed by atoms with Crippen molar-refractivity contribution in [3.8, 4) is 0 Å². The van der Waals surface area contributed by atoms with Crippen molar-refractivity contribution in [3.63, 3.8) is 0 Å². The van der Waals surface area contributed by atoms with E-state index in [-0.39, 0.29) is 19.1 Å². The summed E-state index contributed by atoms with van der Waals surface area (Å²) in [6, 6.07) is 7.44. The molecule has 1 aromatic carbocycles. The zero-order chi connectivity index (χ0) is 10.8.